The van der Waals surface area contributed by atoms with Crippen LogP contribution in [0, 0.1) is 0 Å². The fourth-order valence-corrected chi connectivity index (χ4v) is 4.39. The Bertz CT molecular complexity index is 1190. The molecule has 6 heteroatoms. The molecule has 1 aliphatic heterocycles. The van der Waals surface area contributed by atoms with Gasteiger partial charge in [0.2, 0.25) is 0 Å². The van der Waals surface area contributed by atoms with Crippen molar-refractivity contribution in [3.63, 3.8) is 0 Å². The number of nitrogens with zero attached hydrogens (tertiary/aromatic N) is 2. The molecule has 0 aromatic heterocycles. The van der Waals surface area contributed by atoms with E-state index in [0.29, 0.717) is 29.2 Å². The first-order valence-corrected chi connectivity index (χ1v) is 10.2. The molecule has 0 saturated heterocycles. The molecule has 6 nitrogen and oxygen atoms in total. The number of anilines is 1. The van der Waals surface area contributed by atoms with E-state index in [-0.39, 0.29) is 12.0 Å². The Hall–Kier alpha value is -3.80. The third-order valence-electron chi connectivity index (χ3n) is 5.95. The summed E-state index contributed by atoms with van der Waals surface area (Å²) in [5.74, 6) is 1.17. The number of hydrogen-bond acceptors (Lipinski definition) is 5. The van der Waals surface area contributed by atoms with Crippen LogP contribution in [0.25, 0.3) is 0 Å². The number of amides is 1. The Labute approximate surface area is 180 Å². The quantitative estimate of drug-likeness (QED) is 0.372. The third-order valence-corrected chi connectivity index (χ3v) is 5.95. The predicted octanol–water partition coefficient (Wildman–Crippen LogP) is 4.73. The van der Waals surface area contributed by atoms with Gasteiger partial charge in [0.25, 0.3) is 5.91 Å². The Morgan fingerprint density at radius 3 is 2.77 bits per heavy atom. The summed E-state index contributed by atoms with van der Waals surface area (Å²) in [6.07, 6.45) is 3.18. The highest BCUT2D eigenvalue weighted by Crippen LogP contribution is 2.41. The molecule has 0 saturated carbocycles. The number of rotatable bonds is 5. The first-order valence-electron chi connectivity index (χ1n) is 10.2. The molecule has 2 aliphatic rings. The molecule has 1 atom stereocenters. The van der Waals surface area contributed by atoms with Crippen LogP contribution < -0.4 is 14.4 Å². The van der Waals surface area contributed by atoms with Crippen LogP contribution in [-0.4, -0.2) is 24.4 Å². The first-order chi connectivity index (χ1) is 15.2. The van der Waals surface area contributed by atoms with Gasteiger partial charge in [0.1, 0.15) is 6.10 Å². The number of benzene rings is 3. The van der Waals surface area contributed by atoms with Gasteiger partial charge in [-0.25, -0.2) is 0 Å². The molecule has 156 valence electrons. The Balaban J connectivity index is 1.44. The zero-order chi connectivity index (χ0) is 21.4. The van der Waals surface area contributed by atoms with Crippen molar-refractivity contribution < 1.29 is 19.5 Å². The number of aryl methyl sites for hydroxylation is 1. The maximum Gasteiger partial charge on any atom is 0.258 e. The van der Waals surface area contributed by atoms with Gasteiger partial charge < -0.3 is 19.6 Å². The molecular formula is C25H22N2O4. The number of hydrogen-bond donors (Lipinski definition) is 1. The van der Waals surface area contributed by atoms with Crippen molar-refractivity contribution in [2.75, 3.05) is 12.0 Å². The molecule has 1 aliphatic carbocycles. The number of carbonyl (C=O) groups is 1. The van der Waals surface area contributed by atoms with Gasteiger partial charge in [0.15, 0.2) is 11.5 Å². The molecule has 1 amide bonds. The van der Waals surface area contributed by atoms with E-state index in [2.05, 4.69) is 23.4 Å². The molecule has 0 fully saturated rings. The van der Waals surface area contributed by atoms with Crippen molar-refractivity contribution in [3.8, 4) is 11.5 Å². The lowest BCUT2D eigenvalue weighted by molar-refractivity contribution is 0.0996. The second kappa shape index (κ2) is 7.80. The summed E-state index contributed by atoms with van der Waals surface area (Å²) in [6, 6.07) is 19.4. The minimum Gasteiger partial charge on any atom is -0.493 e. The van der Waals surface area contributed by atoms with Crippen molar-refractivity contribution in [1.29, 1.82) is 0 Å². The lowest BCUT2D eigenvalue weighted by atomic mass is 10.1. The van der Waals surface area contributed by atoms with Crippen molar-refractivity contribution in [2.45, 2.75) is 25.5 Å². The number of fused-ring (bicyclic) bond motifs is 2. The van der Waals surface area contributed by atoms with Gasteiger partial charge >= 0.3 is 0 Å². The molecule has 3 aromatic rings. The van der Waals surface area contributed by atoms with E-state index < -0.39 is 0 Å². The van der Waals surface area contributed by atoms with Gasteiger partial charge in [0, 0.05) is 17.3 Å². The van der Waals surface area contributed by atoms with E-state index in [4.69, 9.17) is 14.7 Å². The number of methoxy groups -OCH3 is 1. The third kappa shape index (κ3) is 3.40. The summed E-state index contributed by atoms with van der Waals surface area (Å²) < 4.78 is 11.9. The smallest absolute Gasteiger partial charge is 0.258 e. The normalized spacial score (nSPS) is 17.1. The van der Waals surface area contributed by atoms with Crippen LogP contribution in [0.1, 0.15) is 45.1 Å². The molecule has 5 rings (SSSR count). The molecule has 1 heterocycles. The van der Waals surface area contributed by atoms with E-state index in [0.717, 1.165) is 24.1 Å². The van der Waals surface area contributed by atoms with Crippen LogP contribution in [0.3, 0.4) is 0 Å². The summed E-state index contributed by atoms with van der Waals surface area (Å²) in [6.45, 7) is 0.475. The number of carbonyl (C=O) groups excluding carboxylic acids is 1. The van der Waals surface area contributed by atoms with Gasteiger partial charge in [-0.2, -0.15) is 0 Å². The van der Waals surface area contributed by atoms with Gasteiger partial charge in [-0.1, -0.05) is 41.6 Å². The second-order valence-corrected chi connectivity index (χ2v) is 7.73. The standard InChI is InChI=1S/C25H22N2O4/c1-30-23-11-9-19(13-24(23)31-22-10-8-17-4-2-3-5-20(17)22)27-15-18-7-6-16(14-26-29)12-21(18)25(27)28/h2-7,9,11-14,22,29H,8,10,15H2,1H3. The highest BCUT2D eigenvalue weighted by molar-refractivity contribution is 6.10. The van der Waals surface area contributed by atoms with Crippen molar-refractivity contribution in [1.82, 2.24) is 0 Å². The zero-order valence-electron chi connectivity index (χ0n) is 17.1. The molecule has 0 radical (unpaired) electrons. The largest absolute Gasteiger partial charge is 0.493 e. The summed E-state index contributed by atoms with van der Waals surface area (Å²) in [5, 5.41) is 11.8. The maximum absolute atomic E-state index is 13.1. The Kier molecular flexibility index (Phi) is 4.82. The molecule has 3 aromatic carbocycles. The molecule has 31 heavy (non-hydrogen) atoms. The molecule has 0 spiro atoms. The van der Waals surface area contributed by atoms with Crippen LogP contribution in [0.2, 0.25) is 0 Å². The van der Waals surface area contributed by atoms with Crippen LogP contribution in [-0.2, 0) is 13.0 Å². The minimum absolute atomic E-state index is 0.0350. The van der Waals surface area contributed by atoms with Crippen LogP contribution in [0.15, 0.2) is 65.8 Å². The van der Waals surface area contributed by atoms with Crippen molar-refractivity contribution in [3.05, 3.63) is 88.5 Å². The second-order valence-electron chi connectivity index (χ2n) is 7.73. The fourth-order valence-electron chi connectivity index (χ4n) is 4.39. The van der Waals surface area contributed by atoms with E-state index in [1.165, 1.54) is 17.3 Å². The maximum atomic E-state index is 13.1. The first kappa shape index (κ1) is 19.2. The summed E-state index contributed by atoms with van der Waals surface area (Å²) in [4.78, 5) is 14.8. The predicted molar refractivity (Wildman–Crippen MR) is 117 cm³/mol. The van der Waals surface area contributed by atoms with Crippen LogP contribution in [0.4, 0.5) is 5.69 Å². The summed E-state index contributed by atoms with van der Waals surface area (Å²) in [7, 11) is 1.62. The lowest BCUT2D eigenvalue weighted by Gasteiger charge is -2.21. The van der Waals surface area contributed by atoms with E-state index in [1.54, 1.807) is 18.1 Å². The monoisotopic (exact) mass is 414 g/mol. The fraction of sp³-hybridized carbons (Fsp3) is 0.200. The van der Waals surface area contributed by atoms with Crippen molar-refractivity contribution in [2.24, 2.45) is 5.16 Å². The van der Waals surface area contributed by atoms with E-state index >= 15 is 0 Å². The van der Waals surface area contributed by atoms with Gasteiger partial charge in [-0.15, -0.1) is 0 Å². The Morgan fingerprint density at radius 2 is 1.94 bits per heavy atom. The van der Waals surface area contributed by atoms with E-state index in [1.807, 2.05) is 36.4 Å². The number of oxime groups is 1. The molecule has 1 unspecified atom stereocenters. The van der Waals surface area contributed by atoms with Gasteiger partial charge in [-0.05, 0) is 53.3 Å². The van der Waals surface area contributed by atoms with Gasteiger partial charge in [0.05, 0.1) is 19.9 Å². The van der Waals surface area contributed by atoms with Gasteiger partial charge in [-0.3, -0.25) is 4.79 Å². The Morgan fingerprint density at radius 1 is 1.06 bits per heavy atom. The van der Waals surface area contributed by atoms with E-state index in [9.17, 15) is 4.79 Å². The van der Waals surface area contributed by atoms with Crippen LogP contribution in [0.5, 0.6) is 11.5 Å². The summed E-state index contributed by atoms with van der Waals surface area (Å²) >= 11 is 0. The van der Waals surface area contributed by atoms with Crippen LogP contribution >= 0.6 is 0 Å². The molecular weight excluding hydrogens is 392 g/mol. The number of ether oxygens (including phenoxy) is 2. The zero-order valence-corrected chi connectivity index (χ0v) is 17.1. The SMILES string of the molecule is COc1ccc(N2Cc3ccc(C=NO)cc3C2=O)cc1OC1CCc2ccccc21. The topological polar surface area (TPSA) is 71.4 Å². The highest BCUT2D eigenvalue weighted by atomic mass is 16.5. The molecule has 1 N–H and O–H groups in total. The highest BCUT2D eigenvalue weighted by Gasteiger charge is 2.30. The van der Waals surface area contributed by atoms with Crippen molar-refractivity contribution >= 4 is 17.8 Å². The molecule has 0 bridgehead atoms. The summed E-state index contributed by atoms with van der Waals surface area (Å²) in [5.41, 5.74) is 5.49. The average molecular weight is 414 g/mol. The average Bonchev–Trinajstić information content (AvgIpc) is 3.35. The minimum atomic E-state index is -0.0921. The lowest BCUT2D eigenvalue weighted by Crippen LogP contribution is -2.23.